The Balaban J connectivity index is 1.88. The van der Waals surface area contributed by atoms with Gasteiger partial charge in [-0.15, -0.1) is 0 Å². The summed E-state index contributed by atoms with van der Waals surface area (Å²) in [7, 11) is 0. The third-order valence-corrected chi connectivity index (χ3v) is 3.84. The minimum Gasteiger partial charge on any atom is -0.379 e. The van der Waals surface area contributed by atoms with Crippen molar-refractivity contribution in [3.63, 3.8) is 0 Å². The van der Waals surface area contributed by atoms with Crippen LogP contribution >= 0.6 is 0 Å². The van der Waals surface area contributed by atoms with Gasteiger partial charge in [0, 0.05) is 32.7 Å². The molecule has 1 saturated heterocycles. The Morgan fingerprint density at radius 2 is 2.00 bits per heavy atom. The lowest BCUT2D eigenvalue weighted by atomic mass is 10.1. The minimum atomic E-state index is -4.33. The van der Waals surface area contributed by atoms with Gasteiger partial charge in [-0.3, -0.25) is 4.90 Å². The maximum Gasteiger partial charge on any atom is 0.416 e. The van der Waals surface area contributed by atoms with Crippen molar-refractivity contribution >= 4 is 5.96 Å². The van der Waals surface area contributed by atoms with E-state index in [0.29, 0.717) is 24.6 Å². The second-order valence-corrected chi connectivity index (χ2v) is 5.77. The zero-order valence-electron chi connectivity index (χ0n) is 14.4. The molecule has 2 rings (SSSR count). The van der Waals surface area contributed by atoms with Gasteiger partial charge < -0.3 is 15.4 Å². The first-order chi connectivity index (χ1) is 12.0. The van der Waals surface area contributed by atoms with Crippen LogP contribution < -0.4 is 10.6 Å². The zero-order valence-corrected chi connectivity index (χ0v) is 14.4. The van der Waals surface area contributed by atoms with Crippen molar-refractivity contribution in [3.8, 4) is 0 Å². The van der Waals surface area contributed by atoms with Crippen LogP contribution in [0.3, 0.4) is 0 Å². The van der Waals surface area contributed by atoms with E-state index < -0.39 is 11.7 Å². The van der Waals surface area contributed by atoms with Crippen LogP contribution in [0, 0.1) is 0 Å². The molecule has 1 aromatic rings. The van der Waals surface area contributed by atoms with Crippen LogP contribution in [0.4, 0.5) is 13.2 Å². The largest absolute Gasteiger partial charge is 0.416 e. The van der Waals surface area contributed by atoms with Gasteiger partial charge in [-0.1, -0.05) is 12.1 Å². The summed E-state index contributed by atoms with van der Waals surface area (Å²) in [5, 5.41) is 6.33. The van der Waals surface area contributed by atoms with Crippen LogP contribution in [0.25, 0.3) is 0 Å². The topological polar surface area (TPSA) is 48.9 Å². The molecule has 0 amide bonds. The van der Waals surface area contributed by atoms with Crippen molar-refractivity contribution in [3.05, 3.63) is 35.4 Å². The molecule has 0 radical (unpaired) electrons. The molecule has 0 saturated carbocycles. The molecule has 1 fully saturated rings. The summed E-state index contributed by atoms with van der Waals surface area (Å²) in [6.45, 7) is 7.75. The number of rotatable bonds is 6. The minimum absolute atomic E-state index is 0.191. The molecule has 1 heterocycles. The van der Waals surface area contributed by atoms with Crippen LogP contribution in [-0.4, -0.2) is 56.8 Å². The second kappa shape index (κ2) is 9.62. The molecule has 0 aliphatic carbocycles. The number of guanidine groups is 1. The molecule has 0 aromatic heterocycles. The summed E-state index contributed by atoms with van der Waals surface area (Å²) in [4.78, 5) is 6.67. The van der Waals surface area contributed by atoms with E-state index >= 15 is 0 Å². The summed E-state index contributed by atoms with van der Waals surface area (Å²) in [5.41, 5.74) is -0.120. The van der Waals surface area contributed by atoms with Crippen LogP contribution in [0.2, 0.25) is 0 Å². The number of aliphatic imine (C=N–C) groups is 1. The SMILES string of the molecule is CCNC(=NCc1cccc(C(F)(F)F)c1)NCCN1CCOCC1. The van der Waals surface area contributed by atoms with E-state index in [0.717, 1.165) is 45.0 Å². The predicted molar refractivity (Wildman–Crippen MR) is 91.5 cm³/mol. The summed E-state index contributed by atoms with van der Waals surface area (Å²) < 4.78 is 43.6. The van der Waals surface area contributed by atoms with E-state index in [1.165, 1.54) is 6.07 Å². The molecular formula is C17H25F3N4O. The number of hydrogen-bond donors (Lipinski definition) is 2. The standard InChI is InChI=1S/C17H25F3N4O/c1-2-21-16(22-6-7-24-8-10-25-11-9-24)23-13-14-4-3-5-15(12-14)17(18,19)20/h3-5,12H,2,6-11,13H2,1H3,(H2,21,22,23). The molecule has 0 unspecified atom stereocenters. The molecule has 1 aliphatic rings. The highest BCUT2D eigenvalue weighted by atomic mass is 19.4. The summed E-state index contributed by atoms with van der Waals surface area (Å²) in [5.74, 6) is 0.605. The van der Waals surface area contributed by atoms with Gasteiger partial charge in [-0.2, -0.15) is 13.2 Å². The fourth-order valence-corrected chi connectivity index (χ4v) is 2.52. The first-order valence-corrected chi connectivity index (χ1v) is 8.47. The van der Waals surface area contributed by atoms with E-state index in [9.17, 15) is 13.2 Å². The lowest BCUT2D eigenvalue weighted by Crippen LogP contribution is -2.44. The Morgan fingerprint density at radius 3 is 2.68 bits per heavy atom. The Bertz CT molecular complexity index is 557. The highest BCUT2D eigenvalue weighted by Gasteiger charge is 2.30. The monoisotopic (exact) mass is 358 g/mol. The van der Waals surface area contributed by atoms with Crippen molar-refractivity contribution in [1.29, 1.82) is 0 Å². The van der Waals surface area contributed by atoms with Gasteiger partial charge in [0.1, 0.15) is 0 Å². The Kier molecular flexibility index (Phi) is 7.52. The summed E-state index contributed by atoms with van der Waals surface area (Å²) >= 11 is 0. The molecule has 0 atom stereocenters. The van der Waals surface area contributed by atoms with E-state index in [1.807, 2.05) is 6.92 Å². The summed E-state index contributed by atoms with van der Waals surface area (Å²) in [6, 6.07) is 5.27. The maximum absolute atomic E-state index is 12.8. The molecule has 8 heteroatoms. The van der Waals surface area contributed by atoms with Gasteiger partial charge in [0.25, 0.3) is 0 Å². The molecule has 5 nitrogen and oxygen atoms in total. The Morgan fingerprint density at radius 1 is 1.24 bits per heavy atom. The van der Waals surface area contributed by atoms with E-state index in [2.05, 4.69) is 20.5 Å². The van der Waals surface area contributed by atoms with Crippen LogP contribution in [0.1, 0.15) is 18.1 Å². The maximum atomic E-state index is 12.8. The number of ether oxygens (including phenoxy) is 1. The predicted octanol–water partition coefficient (Wildman–Crippen LogP) is 2.09. The van der Waals surface area contributed by atoms with Crippen molar-refractivity contribution in [1.82, 2.24) is 15.5 Å². The smallest absolute Gasteiger partial charge is 0.379 e. The number of nitrogens with zero attached hydrogens (tertiary/aromatic N) is 2. The fourth-order valence-electron chi connectivity index (χ4n) is 2.52. The number of halogens is 3. The van der Waals surface area contributed by atoms with Gasteiger partial charge in [0.05, 0.1) is 25.3 Å². The molecule has 2 N–H and O–H groups in total. The van der Waals surface area contributed by atoms with Gasteiger partial charge in [0.2, 0.25) is 0 Å². The van der Waals surface area contributed by atoms with E-state index in [-0.39, 0.29) is 6.54 Å². The quantitative estimate of drug-likeness (QED) is 0.604. The second-order valence-electron chi connectivity index (χ2n) is 5.77. The molecule has 1 aromatic carbocycles. The van der Waals surface area contributed by atoms with Gasteiger partial charge in [0.15, 0.2) is 5.96 Å². The Labute approximate surface area is 146 Å². The highest BCUT2D eigenvalue weighted by molar-refractivity contribution is 5.79. The fraction of sp³-hybridized carbons (Fsp3) is 0.588. The summed E-state index contributed by atoms with van der Waals surface area (Å²) in [6.07, 6.45) is -4.33. The lowest BCUT2D eigenvalue weighted by Gasteiger charge is -2.26. The third kappa shape index (κ3) is 6.91. The average molecular weight is 358 g/mol. The van der Waals surface area contributed by atoms with Gasteiger partial charge >= 0.3 is 6.18 Å². The zero-order chi connectivity index (χ0) is 18.1. The Hall–Kier alpha value is -1.80. The molecule has 1 aliphatic heterocycles. The van der Waals surface area contributed by atoms with Gasteiger partial charge in [-0.25, -0.2) is 4.99 Å². The molecule has 140 valence electrons. The molecular weight excluding hydrogens is 333 g/mol. The van der Waals surface area contributed by atoms with Crippen molar-refractivity contribution in [2.24, 2.45) is 4.99 Å². The van der Waals surface area contributed by atoms with E-state index in [1.54, 1.807) is 6.07 Å². The average Bonchev–Trinajstić information content (AvgIpc) is 2.60. The normalized spacial score (nSPS) is 16.7. The number of alkyl halides is 3. The lowest BCUT2D eigenvalue weighted by molar-refractivity contribution is -0.137. The first kappa shape index (κ1) is 19.5. The van der Waals surface area contributed by atoms with Crippen molar-refractivity contribution in [2.75, 3.05) is 45.9 Å². The van der Waals surface area contributed by atoms with Crippen molar-refractivity contribution in [2.45, 2.75) is 19.6 Å². The molecule has 0 spiro atoms. The number of nitrogens with one attached hydrogen (secondary N) is 2. The molecule has 0 bridgehead atoms. The highest BCUT2D eigenvalue weighted by Crippen LogP contribution is 2.29. The first-order valence-electron chi connectivity index (χ1n) is 8.47. The number of morpholine rings is 1. The van der Waals surface area contributed by atoms with E-state index in [4.69, 9.17) is 4.74 Å². The van der Waals surface area contributed by atoms with Crippen LogP contribution in [-0.2, 0) is 17.5 Å². The third-order valence-electron chi connectivity index (χ3n) is 3.84. The van der Waals surface area contributed by atoms with Crippen molar-refractivity contribution < 1.29 is 17.9 Å². The van der Waals surface area contributed by atoms with Crippen LogP contribution in [0.5, 0.6) is 0 Å². The van der Waals surface area contributed by atoms with Crippen LogP contribution in [0.15, 0.2) is 29.3 Å². The molecule has 25 heavy (non-hydrogen) atoms. The number of hydrogen-bond acceptors (Lipinski definition) is 3. The van der Waals surface area contributed by atoms with Gasteiger partial charge in [-0.05, 0) is 24.6 Å². The number of benzene rings is 1.